The molecule has 1 aliphatic rings. The van der Waals surface area contributed by atoms with E-state index in [1.807, 2.05) is 45.0 Å². The molecule has 25 heavy (non-hydrogen) atoms. The van der Waals surface area contributed by atoms with Crippen LogP contribution in [0.3, 0.4) is 0 Å². The monoisotopic (exact) mass is 358 g/mol. The first kappa shape index (κ1) is 17.5. The van der Waals surface area contributed by atoms with Gasteiger partial charge in [-0.05, 0) is 63.1 Å². The molecule has 3 rings (SSSR count). The fourth-order valence-corrected chi connectivity index (χ4v) is 4.38. The molecule has 0 fully saturated rings. The second kappa shape index (κ2) is 6.19. The highest BCUT2D eigenvalue weighted by molar-refractivity contribution is 7.92. The van der Waals surface area contributed by atoms with Crippen LogP contribution in [0.2, 0.25) is 0 Å². The molecule has 2 aromatic rings. The Balaban J connectivity index is 1.86. The molecule has 1 heterocycles. The summed E-state index contributed by atoms with van der Waals surface area (Å²) in [6, 6.07) is 13.6. The van der Waals surface area contributed by atoms with E-state index in [0.29, 0.717) is 18.5 Å². The lowest BCUT2D eigenvalue weighted by Gasteiger charge is -2.21. The third-order valence-electron chi connectivity index (χ3n) is 4.04. The summed E-state index contributed by atoms with van der Waals surface area (Å²) in [5, 5.41) is 2.86. The van der Waals surface area contributed by atoms with Gasteiger partial charge in [0.25, 0.3) is 15.9 Å². The Kier molecular flexibility index (Phi) is 4.33. The summed E-state index contributed by atoms with van der Waals surface area (Å²) in [6.07, 6.45) is 0.710. The Morgan fingerprint density at radius 3 is 2.32 bits per heavy atom. The van der Waals surface area contributed by atoms with E-state index in [1.54, 1.807) is 12.1 Å². The number of sulfonamides is 1. The van der Waals surface area contributed by atoms with Crippen LogP contribution >= 0.6 is 0 Å². The van der Waals surface area contributed by atoms with Crippen LogP contribution in [0.1, 0.15) is 36.7 Å². The van der Waals surface area contributed by atoms with Crippen LogP contribution in [0.25, 0.3) is 0 Å². The summed E-state index contributed by atoms with van der Waals surface area (Å²) in [5.41, 5.74) is 1.86. The van der Waals surface area contributed by atoms with Gasteiger partial charge in [0.2, 0.25) is 0 Å². The van der Waals surface area contributed by atoms with E-state index in [1.165, 1.54) is 16.4 Å². The van der Waals surface area contributed by atoms with Crippen LogP contribution in [-0.2, 0) is 16.4 Å². The lowest BCUT2D eigenvalue weighted by molar-refractivity contribution is 0.0919. The maximum Gasteiger partial charge on any atom is 0.264 e. The Morgan fingerprint density at radius 2 is 1.68 bits per heavy atom. The Morgan fingerprint density at radius 1 is 1.04 bits per heavy atom. The first-order valence-corrected chi connectivity index (χ1v) is 9.66. The van der Waals surface area contributed by atoms with Gasteiger partial charge >= 0.3 is 0 Å². The van der Waals surface area contributed by atoms with E-state index in [0.717, 1.165) is 11.3 Å². The fraction of sp³-hybridized carbons (Fsp3) is 0.316. The zero-order valence-electron chi connectivity index (χ0n) is 14.6. The zero-order valence-corrected chi connectivity index (χ0v) is 15.4. The van der Waals surface area contributed by atoms with Crippen molar-refractivity contribution in [1.29, 1.82) is 0 Å². The van der Waals surface area contributed by atoms with E-state index >= 15 is 0 Å². The average molecular weight is 358 g/mol. The molecule has 0 aliphatic carbocycles. The van der Waals surface area contributed by atoms with Crippen LogP contribution in [-0.4, -0.2) is 26.4 Å². The van der Waals surface area contributed by atoms with Gasteiger partial charge in [-0.1, -0.05) is 18.2 Å². The SMILES string of the molecule is CC(C)(C)NC(=O)c1ccc(S(=O)(=O)N2CCc3ccccc32)cc1. The lowest BCUT2D eigenvalue weighted by atomic mass is 10.1. The molecule has 0 saturated heterocycles. The van der Waals surface area contributed by atoms with Gasteiger partial charge in [-0.25, -0.2) is 8.42 Å². The van der Waals surface area contributed by atoms with Gasteiger partial charge < -0.3 is 5.32 Å². The van der Waals surface area contributed by atoms with Crippen LogP contribution in [0, 0.1) is 0 Å². The lowest BCUT2D eigenvalue weighted by Crippen LogP contribution is -2.40. The highest BCUT2D eigenvalue weighted by Crippen LogP contribution is 2.32. The second-order valence-electron chi connectivity index (χ2n) is 7.18. The maximum absolute atomic E-state index is 12.9. The first-order valence-electron chi connectivity index (χ1n) is 8.22. The standard InChI is InChI=1S/C19H22N2O3S/c1-19(2,3)20-18(22)15-8-10-16(11-9-15)25(23,24)21-13-12-14-6-4-5-7-17(14)21/h4-11H,12-13H2,1-3H3,(H,20,22). The molecule has 0 spiro atoms. The quantitative estimate of drug-likeness (QED) is 0.917. The fourth-order valence-electron chi connectivity index (χ4n) is 2.88. The summed E-state index contributed by atoms with van der Waals surface area (Å²) in [7, 11) is -3.63. The van der Waals surface area contributed by atoms with Gasteiger partial charge in [0.05, 0.1) is 10.6 Å². The number of fused-ring (bicyclic) bond motifs is 1. The van der Waals surface area contributed by atoms with E-state index < -0.39 is 10.0 Å². The number of para-hydroxylation sites is 1. The highest BCUT2D eigenvalue weighted by atomic mass is 32.2. The van der Waals surface area contributed by atoms with E-state index in [9.17, 15) is 13.2 Å². The minimum atomic E-state index is -3.63. The van der Waals surface area contributed by atoms with Crippen molar-refractivity contribution in [2.75, 3.05) is 10.8 Å². The summed E-state index contributed by atoms with van der Waals surface area (Å²) >= 11 is 0. The molecule has 6 heteroatoms. The van der Waals surface area contributed by atoms with Crippen LogP contribution in [0.4, 0.5) is 5.69 Å². The number of carbonyl (C=O) groups excluding carboxylic acids is 1. The summed E-state index contributed by atoms with van der Waals surface area (Å²) < 4.78 is 27.3. The molecule has 0 bridgehead atoms. The predicted octanol–water partition coefficient (Wildman–Crippen LogP) is 2.97. The minimum Gasteiger partial charge on any atom is -0.347 e. The van der Waals surface area contributed by atoms with Gasteiger partial charge in [-0.15, -0.1) is 0 Å². The maximum atomic E-state index is 12.9. The van der Waals surface area contributed by atoms with Crippen molar-refractivity contribution >= 4 is 21.6 Å². The van der Waals surface area contributed by atoms with Crippen molar-refractivity contribution in [3.63, 3.8) is 0 Å². The molecular formula is C19H22N2O3S. The predicted molar refractivity (Wildman–Crippen MR) is 98.3 cm³/mol. The number of rotatable bonds is 3. The number of hydrogen-bond acceptors (Lipinski definition) is 3. The third kappa shape index (κ3) is 3.54. The first-order chi connectivity index (χ1) is 11.7. The van der Waals surface area contributed by atoms with Crippen LogP contribution in [0.5, 0.6) is 0 Å². The molecule has 2 aromatic carbocycles. The molecule has 0 aromatic heterocycles. The summed E-state index contributed by atoms with van der Waals surface area (Å²) in [6.45, 7) is 6.13. The molecule has 132 valence electrons. The third-order valence-corrected chi connectivity index (χ3v) is 5.87. The number of anilines is 1. The van der Waals surface area contributed by atoms with Gasteiger partial charge in [-0.2, -0.15) is 0 Å². The van der Waals surface area contributed by atoms with Crippen molar-refractivity contribution in [3.05, 3.63) is 59.7 Å². The average Bonchev–Trinajstić information content (AvgIpc) is 2.98. The number of hydrogen-bond donors (Lipinski definition) is 1. The molecule has 5 nitrogen and oxygen atoms in total. The molecule has 0 radical (unpaired) electrons. The van der Waals surface area contributed by atoms with Crippen molar-refractivity contribution in [1.82, 2.24) is 5.32 Å². The number of amides is 1. The van der Waals surface area contributed by atoms with Crippen LogP contribution in [0.15, 0.2) is 53.4 Å². The molecular weight excluding hydrogens is 336 g/mol. The van der Waals surface area contributed by atoms with Crippen molar-refractivity contribution < 1.29 is 13.2 Å². The van der Waals surface area contributed by atoms with Crippen molar-refractivity contribution in [2.45, 2.75) is 37.6 Å². The molecule has 0 saturated carbocycles. The zero-order chi connectivity index (χ0) is 18.2. The number of nitrogens with zero attached hydrogens (tertiary/aromatic N) is 1. The van der Waals surface area contributed by atoms with Gasteiger partial charge in [-0.3, -0.25) is 9.10 Å². The van der Waals surface area contributed by atoms with Gasteiger partial charge in [0.15, 0.2) is 0 Å². The molecule has 0 unspecified atom stereocenters. The Labute approximate surface area is 148 Å². The van der Waals surface area contributed by atoms with E-state index in [2.05, 4.69) is 5.32 Å². The number of carbonyl (C=O) groups is 1. The molecule has 1 amide bonds. The minimum absolute atomic E-state index is 0.191. The molecule has 1 N–H and O–H groups in total. The number of benzene rings is 2. The summed E-state index contributed by atoms with van der Waals surface area (Å²) in [4.78, 5) is 12.4. The smallest absolute Gasteiger partial charge is 0.264 e. The van der Waals surface area contributed by atoms with E-state index in [-0.39, 0.29) is 16.3 Å². The second-order valence-corrected chi connectivity index (χ2v) is 9.05. The normalized spacial score (nSPS) is 14.3. The Bertz CT molecular complexity index is 897. The van der Waals surface area contributed by atoms with Crippen LogP contribution < -0.4 is 9.62 Å². The molecule has 1 aliphatic heterocycles. The van der Waals surface area contributed by atoms with E-state index in [4.69, 9.17) is 0 Å². The highest BCUT2D eigenvalue weighted by Gasteiger charge is 2.30. The number of nitrogens with one attached hydrogen (secondary N) is 1. The summed E-state index contributed by atoms with van der Waals surface area (Å²) in [5.74, 6) is -0.219. The Hall–Kier alpha value is -2.34. The topological polar surface area (TPSA) is 66.5 Å². The van der Waals surface area contributed by atoms with Crippen molar-refractivity contribution in [2.24, 2.45) is 0 Å². The van der Waals surface area contributed by atoms with Crippen molar-refractivity contribution in [3.8, 4) is 0 Å². The largest absolute Gasteiger partial charge is 0.347 e. The molecule has 0 atom stereocenters. The van der Waals surface area contributed by atoms with Gasteiger partial charge in [0, 0.05) is 17.6 Å². The van der Waals surface area contributed by atoms with Gasteiger partial charge in [0.1, 0.15) is 0 Å².